The number of nitrogens with one attached hydrogen (secondary N) is 3. The van der Waals surface area contributed by atoms with Gasteiger partial charge in [0.1, 0.15) is 12.1 Å². The van der Waals surface area contributed by atoms with Crippen LogP contribution in [0, 0.1) is 0 Å². The molecule has 8 N–H and O–H groups in total. The number of guanidine groups is 1. The fourth-order valence-electron chi connectivity index (χ4n) is 3.45. The van der Waals surface area contributed by atoms with Crippen LogP contribution in [0.15, 0.2) is 17.1 Å². The van der Waals surface area contributed by atoms with Crippen molar-refractivity contribution in [2.45, 2.75) is 76.6 Å². The Morgan fingerprint density at radius 3 is 2.16 bits per heavy atom. The first-order chi connectivity index (χ1) is 17.8. The minimum Gasteiger partial charge on any atom is -0.391 e. The van der Waals surface area contributed by atoms with Gasteiger partial charge in [-0.15, -0.1) is 0 Å². The molecular weight excluding hydrogens is 497 g/mol. The van der Waals surface area contributed by atoms with E-state index >= 15 is 0 Å². The first-order valence-corrected chi connectivity index (χ1v) is 12.3. The van der Waals surface area contributed by atoms with Crippen molar-refractivity contribution in [3.63, 3.8) is 0 Å². The summed E-state index contributed by atoms with van der Waals surface area (Å²) in [5.74, 6) is -2.87. The molecular formula is C23H36BN7O7. The molecule has 38 heavy (non-hydrogen) atoms. The Morgan fingerprint density at radius 2 is 1.61 bits per heavy atom. The van der Waals surface area contributed by atoms with Gasteiger partial charge in [-0.05, 0) is 39.5 Å². The number of hydrogen-bond acceptors (Lipinski definition) is 8. The van der Waals surface area contributed by atoms with Crippen molar-refractivity contribution in [3.8, 4) is 0 Å². The van der Waals surface area contributed by atoms with Crippen molar-refractivity contribution in [2.24, 2.45) is 16.5 Å². The summed E-state index contributed by atoms with van der Waals surface area (Å²) in [4.78, 5) is 77.3. The Labute approximate surface area is 222 Å². The number of aliphatic imine (C=N–C) groups is 1. The molecule has 1 rings (SSSR count). The average Bonchev–Trinajstić information content (AvgIpc) is 3.15. The summed E-state index contributed by atoms with van der Waals surface area (Å²) in [6, 6.07) is -3.47. The van der Waals surface area contributed by atoms with Crippen molar-refractivity contribution >= 4 is 49.0 Å². The molecule has 0 bridgehead atoms. The maximum absolute atomic E-state index is 12.9. The number of amides is 5. The molecule has 0 aromatic rings. The van der Waals surface area contributed by atoms with E-state index in [0.29, 0.717) is 25.7 Å². The second-order valence-corrected chi connectivity index (χ2v) is 8.90. The fourth-order valence-corrected chi connectivity index (χ4v) is 3.45. The van der Waals surface area contributed by atoms with Crippen LogP contribution in [0.5, 0.6) is 0 Å². The third-order valence-electron chi connectivity index (χ3n) is 5.63. The minimum atomic E-state index is -1.35. The lowest BCUT2D eigenvalue weighted by Gasteiger charge is -2.25. The van der Waals surface area contributed by atoms with E-state index in [1.54, 1.807) is 0 Å². The highest BCUT2D eigenvalue weighted by molar-refractivity contribution is 6.59. The van der Waals surface area contributed by atoms with Crippen LogP contribution >= 0.6 is 0 Å². The molecule has 5 amide bonds. The van der Waals surface area contributed by atoms with Gasteiger partial charge in [-0.25, -0.2) is 0 Å². The predicted molar refractivity (Wildman–Crippen MR) is 138 cm³/mol. The molecule has 0 unspecified atom stereocenters. The largest absolute Gasteiger partial charge is 0.391 e. The van der Waals surface area contributed by atoms with Gasteiger partial charge in [-0.2, -0.15) is 0 Å². The number of carbonyl (C=O) groups is 6. The van der Waals surface area contributed by atoms with Gasteiger partial charge in [-0.1, -0.05) is 6.42 Å². The van der Waals surface area contributed by atoms with E-state index in [1.807, 2.05) is 0 Å². The number of nitrogens with zero attached hydrogens (tertiary/aromatic N) is 2. The summed E-state index contributed by atoms with van der Waals surface area (Å²) in [7, 11) is 5.18. The highest BCUT2D eigenvalue weighted by atomic mass is 16.3. The van der Waals surface area contributed by atoms with Gasteiger partial charge < -0.3 is 37.3 Å². The van der Waals surface area contributed by atoms with E-state index in [1.165, 1.54) is 26.0 Å². The summed E-state index contributed by atoms with van der Waals surface area (Å²) >= 11 is 0. The van der Waals surface area contributed by atoms with Crippen molar-refractivity contribution in [2.75, 3.05) is 13.1 Å². The normalized spacial score (nSPS) is 15.8. The van der Waals surface area contributed by atoms with Crippen LogP contribution in [0.2, 0.25) is 0 Å². The molecule has 1 aliphatic rings. The molecule has 15 heteroatoms. The SMILES string of the molecule is [B]C(=O)[C@@H](C)NC(=O)[C@H](CCCN=C(N)N)NC(=O)[C@@H](NC(=O)CCCCCN1C(=O)C=CC1=O)[C@@H](C)O. The van der Waals surface area contributed by atoms with E-state index in [4.69, 9.17) is 19.3 Å². The van der Waals surface area contributed by atoms with E-state index in [0.717, 1.165) is 4.90 Å². The lowest BCUT2D eigenvalue weighted by molar-refractivity contribution is -0.137. The van der Waals surface area contributed by atoms with Crippen LogP contribution in [0.1, 0.15) is 52.4 Å². The van der Waals surface area contributed by atoms with E-state index in [-0.39, 0.29) is 43.7 Å². The predicted octanol–water partition coefficient (Wildman–Crippen LogP) is -2.92. The number of rotatable bonds is 17. The molecule has 0 fully saturated rings. The summed E-state index contributed by atoms with van der Waals surface area (Å²) in [5.41, 5.74) is 9.80. The fraction of sp³-hybridized carbons (Fsp3) is 0.609. The van der Waals surface area contributed by atoms with Gasteiger partial charge in [0.05, 0.1) is 17.8 Å². The van der Waals surface area contributed by atoms with E-state index in [2.05, 4.69) is 20.9 Å². The van der Waals surface area contributed by atoms with Crippen LogP contribution in [-0.2, 0) is 28.8 Å². The van der Waals surface area contributed by atoms with E-state index in [9.17, 15) is 33.9 Å². The van der Waals surface area contributed by atoms with Crippen LogP contribution in [0.3, 0.4) is 0 Å². The zero-order chi connectivity index (χ0) is 28.8. The number of aliphatic hydroxyl groups excluding tert-OH is 1. The van der Waals surface area contributed by atoms with Gasteiger partial charge in [0.15, 0.2) is 13.8 Å². The number of unbranched alkanes of at least 4 members (excludes halogenated alkanes) is 2. The molecule has 208 valence electrons. The average molecular weight is 533 g/mol. The second-order valence-electron chi connectivity index (χ2n) is 8.90. The summed E-state index contributed by atoms with van der Waals surface area (Å²) in [6.45, 7) is 3.12. The summed E-state index contributed by atoms with van der Waals surface area (Å²) < 4.78 is 0. The van der Waals surface area contributed by atoms with Crippen molar-refractivity contribution in [3.05, 3.63) is 12.2 Å². The van der Waals surface area contributed by atoms with Crippen LogP contribution in [-0.4, -0.2) is 96.3 Å². The van der Waals surface area contributed by atoms with Crippen molar-refractivity contribution in [1.29, 1.82) is 0 Å². The lowest BCUT2D eigenvalue weighted by atomic mass is 9.96. The zero-order valence-electron chi connectivity index (χ0n) is 21.6. The van der Waals surface area contributed by atoms with Crippen molar-refractivity contribution in [1.82, 2.24) is 20.9 Å². The quantitative estimate of drug-likeness (QED) is 0.0369. The Balaban J connectivity index is 2.65. The lowest BCUT2D eigenvalue weighted by Crippen LogP contribution is -2.58. The Kier molecular flexibility index (Phi) is 13.7. The first-order valence-electron chi connectivity index (χ1n) is 12.3. The molecule has 14 nitrogen and oxygen atoms in total. The number of aliphatic hydroxyl groups is 1. The summed E-state index contributed by atoms with van der Waals surface area (Å²) in [6.07, 6.45) is 3.03. The number of hydrogen-bond donors (Lipinski definition) is 6. The molecule has 0 aliphatic carbocycles. The maximum atomic E-state index is 12.9. The molecule has 0 spiro atoms. The molecule has 4 atom stereocenters. The van der Waals surface area contributed by atoms with Gasteiger partial charge in [0, 0.05) is 31.7 Å². The number of nitrogens with two attached hydrogens (primary N) is 2. The minimum absolute atomic E-state index is 0.0369. The topological polar surface area (TPSA) is 226 Å². The molecule has 0 aromatic carbocycles. The van der Waals surface area contributed by atoms with Crippen molar-refractivity contribution < 1.29 is 33.9 Å². The first kappa shape index (κ1) is 32.3. The molecule has 0 saturated heterocycles. The van der Waals surface area contributed by atoms with Crippen LogP contribution in [0.25, 0.3) is 0 Å². The summed E-state index contributed by atoms with van der Waals surface area (Å²) in [5, 5.41) is 17.4. The third kappa shape index (κ3) is 11.5. The highest BCUT2D eigenvalue weighted by Crippen LogP contribution is 2.08. The van der Waals surface area contributed by atoms with Crippen LogP contribution < -0.4 is 27.4 Å². The van der Waals surface area contributed by atoms with Gasteiger partial charge in [0.25, 0.3) is 11.8 Å². The molecule has 0 saturated carbocycles. The molecule has 1 heterocycles. The van der Waals surface area contributed by atoms with E-state index < -0.39 is 47.6 Å². The van der Waals surface area contributed by atoms with Gasteiger partial charge in [0.2, 0.25) is 17.7 Å². The van der Waals surface area contributed by atoms with Gasteiger partial charge >= 0.3 is 0 Å². The standard InChI is InChI=1S/C23H36BN7O7/c1-13(20(24)36)28-21(37)15(7-6-11-27-23(25)26)29-22(38)19(14(2)32)30-16(33)8-4-3-5-12-31-17(34)9-10-18(31)35/h9-10,13-15,19,32H,3-8,11-12H2,1-2H3,(H,28,37)(H,29,38)(H,30,33)(H4,25,26,27)/t13-,14-,15+,19+/m1/s1. The molecule has 1 aliphatic heterocycles. The Hall–Kier alpha value is -3.75. The number of carbonyl (C=O) groups excluding carboxylic acids is 6. The highest BCUT2D eigenvalue weighted by Gasteiger charge is 2.30. The Morgan fingerprint density at radius 1 is 0.974 bits per heavy atom. The Bertz CT molecular complexity index is 932. The molecule has 0 aromatic heterocycles. The second kappa shape index (κ2) is 16.2. The smallest absolute Gasteiger partial charge is 0.253 e. The maximum Gasteiger partial charge on any atom is 0.253 e. The number of imide groups is 1. The molecule has 2 radical (unpaired) electrons. The monoisotopic (exact) mass is 533 g/mol. The third-order valence-corrected chi connectivity index (χ3v) is 5.63. The van der Waals surface area contributed by atoms with Gasteiger partial charge in [-0.3, -0.25) is 33.9 Å². The zero-order valence-corrected chi connectivity index (χ0v) is 21.6. The van der Waals surface area contributed by atoms with Crippen LogP contribution in [0.4, 0.5) is 0 Å².